The second-order valence-electron chi connectivity index (χ2n) is 5.34. The third-order valence-electron chi connectivity index (χ3n) is 3.50. The Labute approximate surface area is 148 Å². The third kappa shape index (κ3) is 4.54. The van der Waals surface area contributed by atoms with Crippen molar-refractivity contribution in [2.75, 3.05) is 19.0 Å². The molecule has 1 aromatic heterocycles. The van der Waals surface area contributed by atoms with Gasteiger partial charge < -0.3 is 15.4 Å². The Bertz CT molecular complexity index is 893. The van der Waals surface area contributed by atoms with Crippen molar-refractivity contribution in [2.45, 2.75) is 6.42 Å². The lowest BCUT2D eigenvalue weighted by atomic mass is 10.1. The Morgan fingerprint density at radius 3 is 2.68 bits per heavy atom. The molecule has 0 atom stereocenters. The molecular weight excluding hydrogens is 338 g/mol. The fraction of sp³-hybridized carbons (Fsp3) is 0.167. The van der Waals surface area contributed by atoms with Crippen LogP contribution in [0.1, 0.15) is 5.56 Å². The first-order valence-electron chi connectivity index (χ1n) is 7.69. The van der Waals surface area contributed by atoms with Gasteiger partial charge in [0.2, 0.25) is 11.8 Å². The highest BCUT2D eigenvalue weighted by Crippen LogP contribution is 2.28. The lowest BCUT2D eigenvalue weighted by Gasteiger charge is -2.05. The number of rotatable bonds is 6. The van der Waals surface area contributed by atoms with E-state index in [0.29, 0.717) is 5.13 Å². The lowest BCUT2D eigenvalue weighted by molar-refractivity contribution is -0.123. The van der Waals surface area contributed by atoms with Gasteiger partial charge >= 0.3 is 0 Å². The number of nitrogens with one attached hydrogen (secondary N) is 2. The Hall–Kier alpha value is -2.93. The fourth-order valence-corrected chi connectivity index (χ4v) is 3.18. The van der Waals surface area contributed by atoms with Crippen molar-refractivity contribution < 1.29 is 14.3 Å². The van der Waals surface area contributed by atoms with Crippen LogP contribution in [-0.4, -0.2) is 30.5 Å². The zero-order chi connectivity index (χ0) is 17.6. The summed E-state index contributed by atoms with van der Waals surface area (Å²) in [6.45, 7) is -0.0923. The van der Waals surface area contributed by atoms with Crippen LogP contribution in [0.5, 0.6) is 5.75 Å². The smallest absolute Gasteiger partial charge is 0.245 e. The van der Waals surface area contributed by atoms with Crippen molar-refractivity contribution in [3.8, 4) is 5.75 Å². The summed E-state index contributed by atoms with van der Waals surface area (Å²) in [5.74, 6) is 0.227. The first-order chi connectivity index (χ1) is 12.1. The molecule has 0 fully saturated rings. The second kappa shape index (κ2) is 7.76. The van der Waals surface area contributed by atoms with Crippen molar-refractivity contribution in [2.24, 2.45) is 0 Å². The van der Waals surface area contributed by atoms with Crippen LogP contribution in [0.25, 0.3) is 10.2 Å². The van der Waals surface area contributed by atoms with Gasteiger partial charge in [-0.15, -0.1) is 0 Å². The summed E-state index contributed by atoms with van der Waals surface area (Å²) in [6.07, 6.45) is 0.245. The number of amides is 2. The number of thiazole rings is 1. The highest BCUT2D eigenvalue weighted by atomic mass is 32.1. The van der Waals surface area contributed by atoms with Crippen molar-refractivity contribution >= 4 is 38.5 Å². The van der Waals surface area contributed by atoms with Gasteiger partial charge in [0, 0.05) is 0 Å². The third-order valence-corrected chi connectivity index (χ3v) is 4.43. The summed E-state index contributed by atoms with van der Waals surface area (Å²) in [7, 11) is 1.60. The Kier molecular flexibility index (Phi) is 5.25. The van der Waals surface area contributed by atoms with E-state index >= 15 is 0 Å². The van der Waals surface area contributed by atoms with Crippen LogP contribution in [0.4, 0.5) is 5.13 Å². The van der Waals surface area contributed by atoms with Gasteiger partial charge in [-0.25, -0.2) is 4.98 Å². The molecule has 0 bridgehead atoms. The predicted molar refractivity (Wildman–Crippen MR) is 98.0 cm³/mol. The molecular formula is C18H17N3O3S. The summed E-state index contributed by atoms with van der Waals surface area (Å²) < 4.78 is 6.09. The first-order valence-corrected chi connectivity index (χ1v) is 8.51. The highest BCUT2D eigenvalue weighted by molar-refractivity contribution is 7.22. The normalized spacial score (nSPS) is 10.4. The van der Waals surface area contributed by atoms with Gasteiger partial charge in [-0.05, 0) is 23.8 Å². The molecule has 0 aliphatic heterocycles. The number of carbonyl (C=O) groups excluding carboxylic acids is 2. The van der Waals surface area contributed by atoms with E-state index < -0.39 is 0 Å². The quantitative estimate of drug-likeness (QED) is 0.712. The molecule has 1 heterocycles. The molecule has 0 aliphatic rings. The van der Waals surface area contributed by atoms with Crippen LogP contribution in [0, 0.1) is 0 Å². The molecule has 0 aliphatic carbocycles. The molecule has 0 saturated heterocycles. The molecule has 0 radical (unpaired) electrons. The van der Waals surface area contributed by atoms with E-state index in [4.69, 9.17) is 4.74 Å². The van der Waals surface area contributed by atoms with Gasteiger partial charge in [0.05, 0.1) is 30.3 Å². The molecule has 128 valence electrons. The maximum Gasteiger partial charge on any atom is 0.245 e. The minimum absolute atomic E-state index is 0.0923. The highest BCUT2D eigenvalue weighted by Gasteiger charge is 2.10. The second-order valence-corrected chi connectivity index (χ2v) is 6.37. The molecule has 0 spiro atoms. The monoisotopic (exact) mass is 355 g/mol. The van der Waals surface area contributed by atoms with Gasteiger partial charge in [0.1, 0.15) is 5.75 Å². The Morgan fingerprint density at radius 1 is 1.12 bits per heavy atom. The van der Waals surface area contributed by atoms with Gasteiger partial charge in [0.25, 0.3) is 0 Å². The summed E-state index contributed by atoms with van der Waals surface area (Å²) in [4.78, 5) is 28.2. The van der Waals surface area contributed by atoms with E-state index in [1.165, 1.54) is 11.3 Å². The van der Waals surface area contributed by atoms with Crippen molar-refractivity contribution in [3.05, 3.63) is 54.1 Å². The van der Waals surface area contributed by atoms with Crippen LogP contribution in [0.2, 0.25) is 0 Å². The molecule has 7 heteroatoms. The average molecular weight is 355 g/mol. The number of carbonyl (C=O) groups is 2. The van der Waals surface area contributed by atoms with E-state index in [2.05, 4.69) is 15.6 Å². The summed E-state index contributed by atoms with van der Waals surface area (Å²) in [5, 5.41) is 5.80. The van der Waals surface area contributed by atoms with E-state index in [0.717, 1.165) is 21.5 Å². The van der Waals surface area contributed by atoms with Gasteiger partial charge in [0.15, 0.2) is 5.13 Å². The minimum Gasteiger partial charge on any atom is -0.497 e. The first kappa shape index (κ1) is 16.9. The largest absolute Gasteiger partial charge is 0.497 e. The molecule has 3 aromatic rings. The summed E-state index contributed by atoms with van der Waals surface area (Å²) >= 11 is 1.36. The Balaban J connectivity index is 1.53. The summed E-state index contributed by atoms with van der Waals surface area (Å²) in [5.41, 5.74) is 1.69. The molecule has 6 nitrogen and oxygen atoms in total. The number of aromatic nitrogens is 1. The zero-order valence-corrected chi connectivity index (χ0v) is 14.4. The van der Waals surface area contributed by atoms with E-state index in [-0.39, 0.29) is 24.8 Å². The van der Waals surface area contributed by atoms with Gasteiger partial charge in [-0.1, -0.05) is 41.7 Å². The number of benzene rings is 2. The van der Waals surface area contributed by atoms with Crippen LogP contribution < -0.4 is 15.4 Å². The maximum atomic E-state index is 12.0. The van der Waals surface area contributed by atoms with E-state index in [9.17, 15) is 9.59 Å². The van der Waals surface area contributed by atoms with Crippen LogP contribution in [0.3, 0.4) is 0 Å². The van der Waals surface area contributed by atoms with Crippen LogP contribution in [0.15, 0.2) is 48.5 Å². The number of nitrogens with zero attached hydrogens (tertiary/aromatic N) is 1. The van der Waals surface area contributed by atoms with Crippen molar-refractivity contribution in [1.82, 2.24) is 10.3 Å². The summed E-state index contributed by atoms with van der Waals surface area (Å²) in [6, 6.07) is 14.9. The standard InChI is InChI=1S/C18H17N3O3S/c1-24-13-7-8-14-15(10-13)25-18(20-14)21-17(23)11-19-16(22)9-12-5-3-2-4-6-12/h2-8,10H,9,11H2,1H3,(H,19,22)(H,20,21,23). The molecule has 2 N–H and O–H groups in total. The minimum atomic E-state index is -0.313. The SMILES string of the molecule is COc1ccc2nc(NC(=O)CNC(=O)Cc3ccccc3)sc2c1. The lowest BCUT2D eigenvalue weighted by Crippen LogP contribution is -2.33. The number of hydrogen-bond acceptors (Lipinski definition) is 5. The maximum absolute atomic E-state index is 12.0. The number of ether oxygens (including phenoxy) is 1. The average Bonchev–Trinajstić information content (AvgIpc) is 3.02. The van der Waals surface area contributed by atoms with E-state index in [1.807, 2.05) is 48.5 Å². The number of methoxy groups -OCH3 is 1. The zero-order valence-electron chi connectivity index (χ0n) is 13.6. The topological polar surface area (TPSA) is 80.3 Å². The number of hydrogen-bond donors (Lipinski definition) is 2. The molecule has 2 amide bonds. The Morgan fingerprint density at radius 2 is 1.92 bits per heavy atom. The van der Waals surface area contributed by atoms with Gasteiger partial charge in [-0.3, -0.25) is 9.59 Å². The van der Waals surface area contributed by atoms with Crippen LogP contribution in [-0.2, 0) is 16.0 Å². The molecule has 25 heavy (non-hydrogen) atoms. The molecule has 0 unspecified atom stereocenters. The number of fused-ring (bicyclic) bond motifs is 1. The van der Waals surface area contributed by atoms with Crippen molar-refractivity contribution in [3.63, 3.8) is 0 Å². The molecule has 2 aromatic carbocycles. The molecule has 0 saturated carbocycles. The van der Waals surface area contributed by atoms with E-state index in [1.54, 1.807) is 7.11 Å². The fourth-order valence-electron chi connectivity index (χ4n) is 2.27. The number of anilines is 1. The van der Waals surface area contributed by atoms with Gasteiger partial charge in [-0.2, -0.15) is 0 Å². The van der Waals surface area contributed by atoms with Crippen LogP contribution >= 0.6 is 11.3 Å². The molecule has 3 rings (SSSR count). The predicted octanol–water partition coefficient (Wildman–Crippen LogP) is 2.60. The van der Waals surface area contributed by atoms with Crippen molar-refractivity contribution in [1.29, 1.82) is 0 Å².